The van der Waals surface area contributed by atoms with E-state index in [2.05, 4.69) is 49.8 Å². The minimum atomic E-state index is -4.62. The molecule has 0 bridgehead atoms. The summed E-state index contributed by atoms with van der Waals surface area (Å²) >= 11 is 5.74. The van der Waals surface area contributed by atoms with Crippen LogP contribution >= 0.6 is 11.6 Å². The second kappa shape index (κ2) is 11.2. The van der Waals surface area contributed by atoms with Gasteiger partial charge in [0, 0.05) is 59.2 Å². The van der Waals surface area contributed by atoms with Gasteiger partial charge in [-0.15, -0.1) is 0 Å². The third-order valence-electron chi connectivity index (χ3n) is 6.69. The highest BCUT2D eigenvalue weighted by Crippen LogP contribution is 2.33. The highest BCUT2D eigenvalue weighted by molar-refractivity contribution is 6.31. The first kappa shape index (κ1) is 27.5. The molecular weight excluding hydrogens is 545 g/mol. The van der Waals surface area contributed by atoms with Crippen molar-refractivity contribution in [3.05, 3.63) is 71.2 Å². The molecule has 0 saturated carbocycles. The van der Waals surface area contributed by atoms with E-state index in [0.29, 0.717) is 11.2 Å². The largest absolute Gasteiger partial charge is 0.416 e. The number of hydrogen-bond donors (Lipinski definition) is 3. The van der Waals surface area contributed by atoms with Gasteiger partial charge in [0.25, 0.3) is 0 Å². The molecule has 0 aliphatic carbocycles. The van der Waals surface area contributed by atoms with E-state index in [-0.39, 0.29) is 10.7 Å². The number of fused-ring (bicyclic) bond motifs is 1. The van der Waals surface area contributed by atoms with Crippen molar-refractivity contribution >= 4 is 51.4 Å². The van der Waals surface area contributed by atoms with Crippen LogP contribution < -0.4 is 15.5 Å². The molecule has 4 aromatic rings. The number of H-pyrrole nitrogens is 1. The van der Waals surface area contributed by atoms with E-state index in [9.17, 15) is 22.8 Å². The number of carbonyl (C=O) groups excluding carboxylic acids is 2. The monoisotopic (exact) mass is 570 g/mol. The Balaban J connectivity index is 1.21. The van der Waals surface area contributed by atoms with Crippen LogP contribution in [0.2, 0.25) is 5.02 Å². The number of aromatic amines is 1. The van der Waals surface area contributed by atoms with Crippen molar-refractivity contribution in [1.82, 2.24) is 15.1 Å². The summed E-state index contributed by atoms with van der Waals surface area (Å²) in [5.74, 6) is -1.41. The number of benzene rings is 3. The van der Waals surface area contributed by atoms with Gasteiger partial charge in [-0.1, -0.05) is 23.7 Å². The molecule has 5 rings (SSSR count). The van der Waals surface area contributed by atoms with Crippen LogP contribution in [0.25, 0.3) is 22.2 Å². The van der Waals surface area contributed by atoms with Crippen molar-refractivity contribution in [1.29, 1.82) is 0 Å². The third-order valence-corrected chi connectivity index (χ3v) is 6.90. The van der Waals surface area contributed by atoms with Crippen LogP contribution in [0.1, 0.15) is 12.0 Å². The lowest BCUT2D eigenvalue weighted by atomic mass is 10.1. The Kier molecular flexibility index (Phi) is 7.68. The number of rotatable bonds is 6. The number of halogens is 4. The molecule has 8 nitrogen and oxygen atoms in total. The van der Waals surface area contributed by atoms with E-state index in [1.54, 1.807) is 12.1 Å². The molecule has 40 heavy (non-hydrogen) atoms. The first-order valence-corrected chi connectivity index (χ1v) is 12.9. The van der Waals surface area contributed by atoms with Gasteiger partial charge in [-0.2, -0.15) is 18.3 Å². The third kappa shape index (κ3) is 6.37. The fourth-order valence-corrected chi connectivity index (χ4v) is 4.83. The first-order valence-electron chi connectivity index (χ1n) is 12.5. The maximum atomic E-state index is 13.0. The van der Waals surface area contributed by atoms with Gasteiger partial charge in [-0.05, 0) is 55.6 Å². The molecule has 1 aliphatic heterocycles. The Bertz CT molecular complexity index is 1550. The summed E-state index contributed by atoms with van der Waals surface area (Å²) in [6.45, 7) is 4.02. The van der Waals surface area contributed by atoms with E-state index in [1.807, 2.05) is 18.2 Å². The van der Waals surface area contributed by atoms with E-state index in [4.69, 9.17) is 11.6 Å². The standard InChI is InChI=1S/C28H26ClF3N6O2/c1-37-8-10-38(11-9-37)22-5-2-17(3-6-22)27-23-7-4-20(15-24(23)35-36-27)33-25(39)16-26(40)34-21-13-18(28(30,31)32)12-19(29)14-21/h2-7,12-15H,8-11,16H2,1H3,(H,33,39)(H,34,40)(H,35,36). The molecule has 1 fully saturated rings. The smallest absolute Gasteiger partial charge is 0.369 e. The van der Waals surface area contributed by atoms with E-state index < -0.39 is 30.0 Å². The lowest BCUT2D eigenvalue weighted by Crippen LogP contribution is -2.44. The second-order valence-electron chi connectivity index (χ2n) is 9.67. The fourth-order valence-electron chi connectivity index (χ4n) is 4.59. The molecule has 3 N–H and O–H groups in total. The summed E-state index contributed by atoms with van der Waals surface area (Å²) in [5, 5.41) is 13.0. The van der Waals surface area contributed by atoms with Crippen LogP contribution in [0.4, 0.5) is 30.2 Å². The van der Waals surface area contributed by atoms with E-state index >= 15 is 0 Å². The predicted molar refractivity (Wildman–Crippen MR) is 150 cm³/mol. The number of nitrogens with one attached hydrogen (secondary N) is 3. The number of amides is 2. The zero-order valence-electron chi connectivity index (χ0n) is 21.5. The van der Waals surface area contributed by atoms with Gasteiger partial charge in [0.15, 0.2) is 0 Å². The van der Waals surface area contributed by atoms with Crippen molar-refractivity contribution in [3.63, 3.8) is 0 Å². The Morgan fingerprint density at radius 3 is 2.27 bits per heavy atom. The molecule has 0 unspecified atom stereocenters. The van der Waals surface area contributed by atoms with Crippen molar-refractivity contribution in [2.24, 2.45) is 0 Å². The Labute approximate surface area is 233 Å². The lowest BCUT2D eigenvalue weighted by molar-refractivity contribution is -0.137. The number of likely N-dealkylation sites (N-methyl/N-ethyl adjacent to an activating group) is 1. The Morgan fingerprint density at radius 2 is 1.60 bits per heavy atom. The molecule has 208 valence electrons. The van der Waals surface area contributed by atoms with E-state index in [1.165, 1.54) is 11.8 Å². The van der Waals surface area contributed by atoms with Crippen molar-refractivity contribution in [2.75, 3.05) is 48.8 Å². The van der Waals surface area contributed by atoms with Gasteiger partial charge < -0.3 is 20.4 Å². The number of piperazine rings is 1. The average Bonchev–Trinajstić information content (AvgIpc) is 3.31. The maximum Gasteiger partial charge on any atom is 0.416 e. The summed E-state index contributed by atoms with van der Waals surface area (Å²) in [4.78, 5) is 29.4. The summed E-state index contributed by atoms with van der Waals surface area (Å²) in [6, 6.07) is 16.2. The van der Waals surface area contributed by atoms with Crippen molar-refractivity contribution in [2.45, 2.75) is 12.6 Å². The molecular formula is C28H26ClF3N6O2. The highest BCUT2D eigenvalue weighted by Gasteiger charge is 2.31. The fraction of sp³-hybridized carbons (Fsp3) is 0.250. The van der Waals surface area contributed by atoms with Gasteiger partial charge in [0.2, 0.25) is 11.8 Å². The molecule has 2 heterocycles. The summed E-state index contributed by atoms with van der Waals surface area (Å²) < 4.78 is 39.0. The van der Waals surface area contributed by atoms with Crippen LogP contribution in [0.3, 0.4) is 0 Å². The van der Waals surface area contributed by atoms with Crippen molar-refractivity contribution in [3.8, 4) is 11.3 Å². The first-order chi connectivity index (χ1) is 19.0. The van der Waals surface area contributed by atoms with Crippen molar-refractivity contribution < 1.29 is 22.8 Å². The molecule has 12 heteroatoms. The van der Waals surface area contributed by atoms with Crippen LogP contribution in [0.15, 0.2) is 60.7 Å². The van der Waals surface area contributed by atoms with Gasteiger partial charge in [-0.3, -0.25) is 14.7 Å². The van der Waals surface area contributed by atoms with Gasteiger partial charge >= 0.3 is 6.18 Å². The number of nitrogens with zero attached hydrogens (tertiary/aromatic N) is 3. The molecule has 0 spiro atoms. The average molecular weight is 571 g/mol. The molecule has 1 aromatic heterocycles. The van der Waals surface area contributed by atoms with Crippen LogP contribution in [-0.2, 0) is 15.8 Å². The zero-order chi connectivity index (χ0) is 28.4. The number of hydrogen-bond acceptors (Lipinski definition) is 5. The topological polar surface area (TPSA) is 93.4 Å². The predicted octanol–water partition coefficient (Wildman–Crippen LogP) is 5.62. The number of aromatic nitrogens is 2. The molecule has 1 saturated heterocycles. The molecule has 0 radical (unpaired) electrons. The van der Waals surface area contributed by atoms with Gasteiger partial charge in [0.05, 0.1) is 16.8 Å². The van der Waals surface area contributed by atoms with Crippen LogP contribution in [-0.4, -0.2) is 60.1 Å². The molecule has 3 aromatic carbocycles. The minimum absolute atomic E-state index is 0.152. The van der Waals surface area contributed by atoms with Crippen LogP contribution in [0, 0.1) is 0 Å². The quantitative estimate of drug-likeness (QED) is 0.262. The maximum absolute atomic E-state index is 13.0. The summed E-state index contributed by atoms with van der Waals surface area (Å²) in [6.07, 6.45) is -5.22. The molecule has 2 amide bonds. The number of alkyl halides is 3. The SMILES string of the molecule is CN1CCN(c2ccc(-c3n[nH]c4cc(NC(=O)CC(=O)Nc5cc(Cl)cc(C(F)(F)F)c5)ccc34)cc2)CC1. The molecule has 0 atom stereocenters. The van der Waals surface area contributed by atoms with E-state index in [0.717, 1.165) is 55.0 Å². The normalized spacial score (nSPS) is 14.4. The lowest BCUT2D eigenvalue weighted by Gasteiger charge is -2.34. The minimum Gasteiger partial charge on any atom is -0.369 e. The van der Waals surface area contributed by atoms with Gasteiger partial charge in [0.1, 0.15) is 6.42 Å². The summed E-state index contributed by atoms with van der Waals surface area (Å²) in [7, 11) is 2.12. The highest BCUT2D eigenvalue weighted by atomic mass is 35.5. The zero-order valence-corrected chi connectivity index (χ0v) is 22.2. The number of carbonyl (C=O) groups is 2. The number of anilines is 3. The Hall–Kier alpha value is -4.09. The van der Waals surface area contributed by atoms with Crippen LogP contribution in [0.5, 0.6) is 0 Å². The van der Waals surface area contributed by atoms with Gasteiger partial charge in [-0.25, -0.2) is 0 Å². The molecule has 1 aliphatic rings. The Morgan fingerprint density at radius 1 is 0.925 bits per heavy atom. The second-order valence-corrected chi connectivity index (χ2v) is 10.1. The summed E-state index contributed by atoms with van der Waals surface area (Å²) in [5.41, 5.74) is 2.87.